The van der Waals surface area contributed by atoms with Crippen LogP contribution < -0.4 is 16.8 Å². The number of nitrogens with two attached hydrogens (primary N) is 2. The molecule has 9 nitrogen and oxygen atoms in total. The highest BCUT2D eigenvalue weighted by Gasteiger charge is 2.51. The van der Waals surface area contributed by atoms with Crippen LogP contribution in [0, 0.1) is 0 Å². The largest absolute Gasteiger partial charge is 0.395 e. The number of amides is 2. The van der Waals surface area contributed by atoms with Crippen molar-refractivity contribution in [3.63, 3.8) is 0 Å². The van der Waals surface area contributed by atoms with Gasteiger partial charge in [-0.25, -0.2) is 4.99 Å². The van der Waals surface area contributed by atoms with E-state index in [0.29, 0.717) is 31.0 Å². The van der Waals surface area contributed by atoms with Crippen molar-refractivity contribution in [2.45, 2.75) is 44.6 Å². The number of hydrogen-bond acceptors (Lipinski definition) is 7. The third-order valence-corrected chi connectivity index (χ3v) is 5.99. The van der Waals surface area contributed by atoms with Gasteiger partial charge < -0.3 is 26.8 Å². The second-order valence-corrected chi connectivity index (χ2v) is 8.67. The van der Waals surface area contributed by atoms with E-state index in [2.05, 4.69) is 15.3 Å². The molecule has 186 valence electrons. The van der Waals surface area contributed by atoms with Crippen LogP contribution >= 0.6 is 0 Å². The van der Waals surface area contributed by atoms with E-state index in [1.807, 2.05) is 43.3 Å². The topological polar surface area (TPSA) is 147 Å². The van der Waals surface area contributed by atoms with Gasteiger partial charge in [-0.1, -0.05) is 31.2 Å². The Morgan fingerprint density at radius 2 is 2.06 bits per heavy atom. The zero-order valence-electron chi connectivity index (χ0n) is 20.1. The molecule has 2 amide bonds. The summed E-state index contributed by atoms with van der Waals surface area (Å²) >= 11 is 0. The van der Waals surface area contributed by atoms with Crippen LogP contribution in [-0.2, 0) is 21.5 Å². The molecular weight excluding hydrogens is 444 g/mol. The standard InChI is InChI=1S/C20H21N5O.C6H13NO2/c21-10-13-8-16(12-23-11-13)24-19(26)20(6-7-20)15-5-4-14-2-1-3-18(22)25-17(14)9-15;1-2-3-7(6-9)4-5-8/h1-2,4-5,8-9,11-12H,3,6-7,10,21H2,(H2,22,25)(H,24,26);6,8H,2-5H2,1H3. The molecule has 9 heteroatoms. The number of carbonyl (C=O) groups is 2. The lowest BCUT2D eigenvalue weighted by Crippen LogP contribution is -2.28. The predicted octanol–water partition coefficient (Wildman–Crippen LogP) is 2.46. The van der Waals surface area contributed by atoms with Gasteiger partial charge in [-0.15, -0.1) is 0 Å². The van der Waals surface area contributed by atoms with Gasteiger partial charge in [0.2, 0.25) is 12.3 Å². The number of anilines is 1. The number of aromatic nitrogens is 1. The summed E-state index contributed by atoms with van der Waals surface area (Å²) in [5.74, 6) is 0.561. The first-order valence-electron chi connectivity index (χ1n) is 11.9. The first kappa shape index (κ1) is 26.1. The maximum Gasteiger partial charge on any atom is 0.235 e. The molecule has 1 aliphatic heterocycles. The number of fused-ring (bicyclic) bond motifs is 1. The van der Waals surface area contributed by atoms with E-state index >= 15 is 0 Å². The van der Waals surface area contributed by atoms with Crippen molar-refractivity contribution in [1.29, 1.82) is 0 Å². The lowest BCUT2D eigenvalue weighted by Gasteiger charge is -2.17. The minimum absolute atomic E-state index is 0.0189. The highest BCUT2D eigenvalue weighted by Crippen LogP contribution is 2.50. The Bertz CT molecular complexity index is 1090. The van der Waals surface area contributed by atoms with Crippen molar-refractivity contribution in [2.24, 2.45) is 16.5 Å². The quantitative estimate of drug-likeness (QED) is 0.407. The van der Waals surface area contributed by atoms with Crippen LogP contribution in [0.5, 0.6) is 0 Å². The predicted molar refractivity (Wildman–Crippen MR) is 138 cm³/mol. The number of benzene rings is 1. The minimum atomic E-state index is -0.506. The number of nitrogens with zero attached hydrogens (tertiary/aromatic N) is 3. The molecule has 0 spiro atoms. The van der Waals surface area contributed by atoms with E-state index in [1.54, 1.807) is 17.3 Å². The number of rotatable bonds is 9. The molecule has 35 heavy (non-hydrogen) atoms. The molecule has 1 saturated carbocycles. The van der Waals surface area contributed by atoms with Crippen LogP contribution in [0.3, 0.4) is 0 Å². The molecule has 2 heterocycles. The Morgan fingerprint density at radius 1 is 1.26 bits per heavy atom. The van der Waals surface area contributed by atoms with Gasteiger partial charge in [0.15, 0.2) is 0 Å². The fourth-order valence-electron chi connectivity index (χ4n) is 3.91. The Kier molecular flexibility index (Phi) is 9.11. The molecule has 0 atom stereocenters. The number of aliphatic imine (C=N–C) groups is 1. The average molecular weight is 479 g/mol. The molecule has 0 saturated heterocycles. The van der Waals surface area contributed by atoms with E-state index in [0.717, 1.165) is 54.6 Å². The van der Waals surface area contributed by atoms with E-state index < -0.39 is 5.41 Å². The first-order chi connectivity index (χ1) is 16.9. The second-order valence-electron chi connectivity index (χ2n) is 8.67. The molecule has 6 N–H and O–H groups in total. The van der Waals surface area contributed by atoms with Crippen molar-refractivity contribution < 1.29 is 14.7 Å². The van der Waals surface area contributed by atoms with Crippen LogP contribution in [0.1, 0.15) is 49.3 Å². The SMILES string of the molecule is CCCN(C=O)CCO.NCc1cncc(NC(=O)C2(c3ccc4c(c3)N=C(N)CC=C4)CC2)c1. The second kappa shape index (κ2) is 12.2. The van der Waals surface area contributed by atoms with Gasteiger partial charge in [0.1, 0.15) is 5.84 Å². The van der Waals surface area contributed by atoms with E-state index in [9.17, 15) is 9.59 Å². The van der Waals surface area contributed by atoms with Gasteiger partial charge >= 0.3 is 0 Å². The molecule has 0 radical (unpaired) electrons. The van der Waals surface area contributed by atoms with Gasteiger partial charge in [-0.3, -0.25) is 14.6 Å². The number of aliphatic hydroxyl groups is 1. The number of aliphatic hydroxyl groups excluding tert-OH is 1. The molecule has 0 unspecified atom stereocenters. The summed E-state index contributed by atoms with van der Waals surface area (Å²) in [4.78, 5) is 33.2. The molecule has 2 aromatic rings. The molecule has 1 aromatic heterocycles. The molecule has 0 bridgehead atoms. The highest BCUT2D eigenvalue weighted by molar-refractivity contribution is 6.01. The van der Waals surface area contributed by atoms with E-state index in [1.165, 1.54) is 0 Å². The number of carbonyl (C=O) groups excluding carboxylic acids is 2. The van der Waals surface area contributed by atoms with Crippen LogP contribution in [0.4, 0.5) is 11.4 Å². The molecule has 4 rings (SSSR count). The third-order valence-electron chi connectivity index (χ3n) is 5.99. The molecule has 1 aromatic carbocycles. The molecular formula is C26H34N6O3. The first-order valence-corrected chi connectivity index (χ1v) is 11.9. The summed E-state index contributed by atoms with van der Waals surface area (Å²) in [6, 6.07) is 7.86. The van der Waals surface area contributed by atoms with Crippen LogP contribution in [-0.4, -0.2) is 52.8 Å². The van der Waals surface area contributed by atoms with Crippen molar-refractivity contribution in [3.05, 3.63) is 59.4 Å². The Hall–Kier alpha value is -3.56. The zero-order chi connectivity index (χ0) is 25.3. The van der Waals surface area contributed by atoms with Crippen LogP contribution in [0.15, 0.2) is 47.7 Å². The average Bonchev–Trinajstić information content (AvgIpc) is 3.69. The van der Waals surface area contributed by atoms with Gasteiger partial charge in [-0.05, 0) is 48.1 Å². The summed E-state index contributed by atoms with van der Waals surface area (Å²) in [5.41, 5.74) is 15.4. The number of nitrogens with one attached hydrogen (secondary N) is 1. The van der Waals surface area contributed by atoms with Gasteiger partial charge in [0, 0.05) is 32.3 Å². The fourth-order valence-corrected chi connectivity index (χ4v) is 3.91. The number of pyridine rings is 1. The van der Waals surface area contributed by atoms with Crippen LogP contribution in [0.25, 0.3) is 6.08 Å². The zero-order valence-corrected chi connectivity index (χ0v) is 20.1. The summed E-state index contributed by atoms with van der Waals surface area (Å²) in [5, 5.41) is 11.4. The third kappa shape index (κ3) is 6.74. The fraction of sp³-hybridized carbons (Fsp3) is 0.385. The highest BCUT2D eigenvalue weighted by atomic mass is 16.3. The van der Waals surface area contributed by atoms with Gasteiger partial charge in [0.05, 0.1) is 29.6 Å². The Morgan fingerprint density at radius 3 is 2.71 bits per heavy atom. The number of hydrogen-bond donors (Lipinski definition) is 4. The van der Waals surface area contributed by atoms with E-state index in [4.69, 9.17) is 16.6 Å². The van der Waals surface area contributed by atoms with E-state index in [-0.39, 0.29) is 12.5 Å². The summed E-state index contributed by atoms with van der Waals surface area (Å²) < 4.78 is 0. The Balaban J connectivity index is 0.000000327. The van der Waals surface area contributed by atoms with Crippen LogP contribution in [0.2, 0.25) is 0 Å². The molecule has 1 aliphatic carbocycles. The van der Waals surface area contributed by atoms with Crippen molar-refractivity contribution in [3.8, 4) is 0 Å². The summed E-state index contributed by atoms with van der Waals surface area (Å²) in [7, 11) is 0. The summed E-state index contributed by atoms with van der Waals surface area (Å²) in [6.07, 6.45) is 11.3. The monoisotopic (exact) mass is 478 g/mol. The normalized spacial score (nSPS) is 15.0. The lowest BCUT2D eigenvalue weighted by molar-refractivity contribution is -0.119. The van der Waals surface area contributed by atoms with Gasteiger partial charge in [-0.2, -0.15) is 0 Å². The Labute approximate surface area is 205 Å². The molecule has 1 fully saturated rings. The number of amidine groups is 1. The van der Waals surface area contributed by atoms with Gasteiger partial charge in [0.25, 0.3) is 0 Å². The maximum atomic E-state index is 13.0. The summed E-state index contributed by atoms with van der Waals surface area (Å²) in [6.45, 7) is 3.63. The maximum absolute atomic E-state index is 13.0. The van der Waals surface area contributed by atoms with Crippen molar-refractivity contribution >= 4 is 35.6 Å². The smallest absolute Gasteiger partial charge is 0.235 e. The molecule has 2 aliphatic rings. The minimum Gasteiger partial charge on any atom is -0.395 e. The van der Waals surface area contributed by atoms with Crippen molar-refractivity contribution in [2.75, 3.05) is 25.0 Å². The lowest BCUT2D eigenvalue weighted by atomic mass is 9.93. The van der Waals surface area contributed by atoms with Crippen molar-refractivity contribution in [1.82, 2.24) is 9.88 Å².